The van der Waals surface area contributed by atoms with Crippen molar-refractivity contribution >= 4 is 22.0 Å². The molecule has 0 N–H and O–H groups in total. The van der Waals surface area contributed by atoms with E-state index in [-0.39, 0.29) is 0 Å². The van der Waals surface area contributed by atoms with E-state index in [1.54, 1.807) is 6.20 Å². The lowest BCUT2D eigenvalue weighted by Crippen LogP contribution is -2.30. The average molecular weight is 388 g/mol. The third kappa shape index (κ3) is 2.46. The lowest BCUT2D eigenvalue weighted by atomic mass is 10.0. The lowest BCUT2D eigenvalue weighted by Gasteiger charge is -2.09. The number of benzene rings is 2. The van der Waals surface area contributed by atoms with E-state index < -0.39 is 0 Å². The van der Waals surface area contributed by atoms with Crippen molar-refractivity contribution in [2.24, 2.45) is 0 Å². The van der Waals surface area contributed by atoms with E-state index >= 15 is 0 Å². The first-order chi connectivity index (χ1) is 14.8. The molecule has 0 unspecified atom stereocenters. The molecule has 5 nitrogen and oxygen atoms in total. The van der Waals surface area contributed by atoms with Gasteiger partial charge < -0.3 is 5.21 Å². The molecular formula is C25H16N4O. The Bertz CT molecular complexity index is 1500. The standard InChI is InChI=1S/C25H16N4O/c30-29-21(17-5-2-1-3-6-17)12-11-18-9-10-20(15-22(18)29)25-27-24(19-7-4-8-19)23-16-26-13-14-28(23)25/h1-16H. The molecular weight excluding hydrogens is 372 g/mol. The Morgan fingerprint density at radius 2 is 1.77 bits per heavy atom. The second-order valence-electron chi connectivity index (χ2n) is 7.25. The fourth-order valence-corrected chi connectivity index (χ4v) is 3.89. The summed E-state index contributed by atoms with van der Waals surface area (Å²) in [5.41, 5.74) is 5.94. The molecule has 0 radical (unpaired) electrons. The Kier molecular flexibility index (Phi) is 3.55. The number of hydrogen-bond acceptors (Lipinski definition) is 3. The summed E-state index contributed by atoms with van der Waals surface area (Å²) in [6.45, 7) is 0. The van der Waals surface area contributed by atoms with Crippen molar-refractivity contribution in [1.82, 2.24) is 14.4 Å². The summed E-state index contributed by atoms with van der Waals surface area (Å²) in [6, 6.07) is 19.5. The van der Waals surface area contributed by atoms with Gasteiger partial charge in [0.25, 0.3) is 0 Å². The molecule has 0 saturated heterocycles. The van der Waals surface area contributed by atoms with Gasteiger partial charge in [-0.15, -0.1) is 0 Å². The van der Waals surface area contributed by atoms with Crippen molar-refractivity contribution in [3.05, 3.63) is 108 Å². The van der Waals surface area contributed by atoms with Crippen LogP contribution in [0.1, 0.15) is 5.69 Å². The van der Waals surface area contributed by atoms with Crippen LogP contribution in [0.15, 0.2) is 97.5 Å². The second kappa shape index (κ2) is 6.39. The zero-order valence-corrected chi connectivity index (χ0v) is 15.9. The summed E-state index contributed by atoms with van der Waals surface area (Å²) < 4.78 is 3.02. The minimum Gasteiger partial charge on any atom is -0.618 e. The van der Waals surface area contributed by atoms with E-state index in [1.807, 2.05) is 95.7 Å². The molecule has 5 heteroatoms. The van der Waals surface area contributed by atoms with Crippen LogP contribution in [0.5, 0.6) is 0 Å². The summed E-state index contributed by atoms with van der Waals surface area (Å²) in [7, 11) is 0. The molecule has 0 amide bonds. The molecule has 0 atom stereocenters. The molecule has 0 bridgehead atoms. The van der Waals surface area contributed by atoms with Crippen molar-refractivity contribution in [2.75, 3.05) is 0 Å². The van der Waals surface area contributed by atoms with E-state index in [9.17, 15) is 5.21 Å². The number of allylic oxidation sites excluding steroid dienone is 4. The Labute approximate surface area is 172 Å². The number of rotatable bonds is 3. The predicted molar refractivity (Wildman–Crippen MR) is 117 cm³/mol. The zero-order valence-electron chi connectivity index (χ0n) is 15.9. The van der Waals surface area contributed by atoms with Gasteiger partial charge in [0, 0.05) is 46.6 Å². The fourth-order valence-electron chi connectivity index (χ4n) is 3.89. The molecule has 6 rings (SSSR count). The van der Waals surface area contributed by atoms with Gasteiger partial charge in [-0.25, -0.2) is 4.98 Å². The van der Waals surface area contributed by atoms with Crippen LogP contribution in [0.3, 0.4) is 0 Å². The summed E-state index contributed by atoms with van der Waals surface area (Å²) >= 11 is 0. The number of fused-ring (bicyclic) bond motifs is 2. The van der Waals surface area contributed by atoms with Crippen molar-refractivity contribution in [2.45, 2.75) is 0 Å². The first kappa shape index (κ1) is 16.7. The van der Waals surface area contributed by atoms with Gasteiger partial charge in [0.2, 0.25) is 11.2 Å². The number of imidazole rings is 1. The molecule has 0 fully saturated rings. The molecule has 30 heavy (non-hydrogen) atoms. The number of nitrogens with zero attached hydrogens (tertiary/aromatic N) is 4. The molecule has 2 aromatic carbocycles. The number of hydrogen-bond donors (Lipinski definition) is 0. The van der Waals surface area contributed by atoms with Gasteiger partial charge in [-0.3, -0.25) is 9.38 Å². The molecule has 1 aliphatic rings. The van der Waals surface area contributed by atoms with Crippen molar-refractivity contribution in [3.8, 4) is 22.6 Å². The van der Waals surface area contributed by atoms with Gasteiger partial charge >= 0.3 is 0 Å². The Hall–Kier alpha value is -4.25. The number of pyridine rings is 1. The zero-order chi connectivity index (χ0) is 20.1. The van der Waals surface area contributed by atoms with Crippen LogP contribution in [0.25, 0.3) is 44.6 Å². The van der Waals surface area contributed by atoms with Crippen LogP contribution in [0.2, 0.25) is 0 Å². The summed E-state index contributed by atoms with van der Waals surface area (Å²) in [5, 5.41) is 14.1. The van der Waals surface area contributed by atoms with E-state index in [0.717, 1.165) is 43.9 Å². The average Bonchev–Trinajstić information content (AvgIpc) is 3.13. The second-order valence-corrected chi connectivity index (χ2v) is 7.25. The van der Waals surface area contributed by atoms with Crippen molar-refractivity contribution in [1.29, 1.82) is 0 Å². The minimum atomic E-state index is 0.615. The maximum absolute atomic E-state index is 13.2. The highest BCUT2D eigenvalue weighted by Gasteiger charge is 2.19. The van der Waals surface area contributed by atoms with Gasteiger partial charge in [0.15, 0.2) is 0 Å². The van der Waals surface area contributed by atoms with Crippen LogP contribution in [-0.4, -0.2) is 14.4 Å². The third-order valence-electron chi connectivity index (χ3n) is 5.49. The summed E-state index contributed by atoms with van der Waals surface area (Å²) in [5.74, 6) is 0.788. The Morgan fingerprint density at radius 1 is 0.933 bits per heavy atom. The molecule has 0 spiro atoms. The van der Waals surface area contributed by atoms with Gasteiger partial charge in [-0.2, -0.15) is 4.73 Å². The van der Waals surface area contributed by atoms with Gasteiger partial charge in [-0.05, 0) is 24.3 Å². The molecule has 142 valence electrons. The van der Waals surface area contributed by atoms with E-state index in [4.69, 9.17) is 4.98 Å². The topological polar surface area (TPSA) is 57.1 Å². The molecule has 0 saturated carbocycles. The highest BCUT2D eigenvalue weighted by molar-refractivity contribution is 5.89. The quantitative estimate of drug-likeness (QED) is 0.329. The molecule has 3 aromatic heterocycles. The number of aromatic nitrogens is 4. The van der Waals surface area contributed by atoms with Crippen LogP contribution in [0.4, 0.5) is 0 Å². The lowest BCUT2D eigenvalue weighted by molar-refractivity contribution is -0.565. The minimum absolute atomic E-state index is 0.615. The normalized spacial score (nSPS) is 12.9. The smallest absolute Gasteiger partial charge is 0.225 e. The largest absolute Gasteiger partial charge is 0.618 e. The maximum Gasteiger partial charge on any atom is 0.225 e. The van der Waals surface area contributed by atoms with Gasteiger partial charge in [0.1, 0.15) is 5.82 Å². The van der Waals surface area contributed by atoms with Crippen molar-refractivity contribution in [3.63, 3.8) is 0 Å². The summed E-state index contributed by atoms with van der Waals surface area (Å²) in [6.07, 6.45) is 11.5. The molecule has 5 aromatic rings. The fraction of sp³-hybridized carbons (Fsp3) is 0. The van der Waals surface area contributed by atoms with Crippen LogP contribution >= 0.6 is 0 Å². The van der Waals surface area contributed by atoms with E-state index in [0.29, 0.717) is 11.2 Å². The first-order valence-corrected chi connectivity index (χ1v) is 9.72. The van der Waals surface area contributed by atoms with Crippen LogP contribution in [-0.2, 0) is 0 Å². The highest BCUT2D eigenvalue weighted by Crippen LogP contribution is 2.31. The Balaban J connectivity index is 1.57. The molecule has 1 aliphatic carbocycles. The van der Waals surface area contributed by atoms with E-state index in [1.165, 1.54) is 0 Å². The van der Waals surface area contributed by atoms with E-state index in [2.05, 4.69) is 4.98 Å². The molecule has 3 heterocycles. The maximum atomic E-state index is 13.2. The SMILES string of the molecule is [O-][n+]1c(-c2ccccc2)ccc2ccc(-c3nc(C4=CC=C4)c4cnccn34)cc21. The predicted octanol–water partition coefficient (Wildman–Crippen LogP) is 4.80. The van der Waals surface area contributed by atoms with Crippen LogP contribution in [0, 0.1) is 5.21 Å². The van der Waals surface area contributed by atoms with Crippen molar-refractivity contribution < 1.29 is 4.73 Å². The highest BCUT2D eigenvalue weighted by atomic mass is 16.5. The van der Waals surface area contributed by atoms with Crippen LogP contribution < -0.4 is 4.73 Å². The third-order valence-corrected chi connectivity index (χ3v) is 5.49. The van der Waals surface area contributed by atoms with Gasteiger partial charge in [0.05, 0.1) is 17.4 Å². The summed E-state index contributed by atoms with van der Waals surface area (Å²) in [4.78, 5) is 9.16. The van der Waals surface area contributed by atoms with Gasteiger partial charge in [-0.1, -0.05) is 42.5 Å². The monoisotopic (exact) mass is 388 g/mol. The first-order valence-electron chi connectivity index (χ1n) is 9.72. The molecule has 0 aliphatic heterocycles. The Morgan fingerprint density at radius 3 is 2.57 bits per heavy atom.